The second-order valence-electron chi connectivity index (χ2n) is 5.17. The van der Waals surface area contributed by atoms with Gasteiger partial charge >= 0.3 is 5.97 Å². The number of aromatic carboxylic acids is 1. The number of carboxylic acid groups (broad SMARTS) is 1. The fraction of sp³-hybridized carbons (Fsp3) is 0.200. The molecule has 3 rings (SSSR count). The Kier molecular flexibility index (Phi) is 3.76. The van der Waals surface area contributed by atoms with Crippen molar-refractivity contribution in [2.75, 3.05) is 11.9 Å². The Morgan fingerprint density at radius 2 is 2.17 bits per heavy atom. The Hall–Kier alpha value is -3.23. The molecule has 0 saturated carbocycles. The second kappa shape index (κ2) is 5.76. The number of rotatable bonds is 4. The molecule has 0 aliphatic carbocycles. The molecule has 8 nitrogen and oxygen atoms in total. The van der Waals surface area contributed by atoms with Crippen molar-refractivity contribution >= 4 is 17.5 Å². The van der Waals surface area contributed by atoms with E-state index in [1.165, 1.54) is 22.9 Å². The van der Waals surface area contributed by atoms with Crippen molar-refractivity contribution in [2.45, 2.75) is 6.92 Å². The minimum Gasteiger partial charge on any atom is -0.477 e. The van der Waals surface area contributed by atoms with Gasteiger partial charge < -0.3 is 14.5 Å². The molecular weight excluding hydrogens is 317 g/mol. The zero-order chi connectivity index (χ0) is 17.4. The number of pyridine rings is 1. The molecule has 0 atom stereocenters. The van der Waals surface area contributed by atoms with Crippen molar-refractivity contribution in [1.82, 2.24) is 19.9 Å². The summed E-state index contributed by atoms with van der Waals surface area (Å²) in [6.07, 6.45) is 1.09. The quantitative estimate of drug-likeness (QED) is 0.784. The summed E-state index contributed by atoms with van der Waals surface area (Å²) >= 11 is 0. The van der Waals surface area contributed by atoms with Gasteiger partial charge in [-0.25, -0.2) is 9.18 Å². The Morgan fingerprint density at radius 3 is 2.75 bits per heavy atom. The van der Waals surface area contributed by atoms with E-state index in [1.807, 2.05) is 0 Å². The maximum Gasteiger partial charge on any atom is 0.354 e. The molecule has 0 spiro atoms. The Morgan fingerprint density at radius 1 is 1.42 bits per heavy atom. The van der Waals surface area contributed by atoms with E-state index in [1.54, 1.807) is 25.9 Å². The summed E-state index contributed by atoms with van der Waals surface area (Å²) in [7, 11) is 3.25. The molecule has 0 amide bonds. The normalized spacial score (nSPS) is 10.8. The number of anilines is 2. The van der Waals surface area contributed by atoms with Crippen molar-refractivity contribution in [3.63, 3.8) is 0 Å². The average Bonchev–Trinajstić information content (AvgIpc) is 3.11. The van der Waals surface area contributed by atoms with E-state index in [4.69, 9.17) is 9.63 Å². The van der Waals surface area contributed by atoms with Gasteiger partial charge in [0.25, 0.3) is 0 Å². The van der Waals surface area contributed by atoms with Crippen LogP contribution in [-0.4, -0.2) is 38.0 Å². The van der Waals surface area contributed by atoms with E-state index in [-0.39, 0.29) is 5.69 Å². The lowest BCUT2D eigenvalue weighted by molar-refractivity contribution is 0.0685. The van der Waals surface area contributed by atoms with E-state index >= 15 is 0 Å². The van der Waals surface area contributed by atoms with Gasteiger partial charge in [-0.3, -0.25) is 9.67 Å². The number of carbonyl (C=O) groups is 1. The third-order valence-electron chi connectivity index (χ3n) is 3.57. The molecule has 0 aromatic carbocycles. The van der Waals surface area contributed by atoms with Crippen molar-refractivity contribution in [1.29, 1.82) is 0 Å². The lowest BCUT2D eigenvalue weighted by Gasteiger charge is -2.15. The van der Waals surface area contributed by atoms with Crippen molar-refractivity contribution in [2.24, 2.45) is 7.05 Å². The van der Waals surface area contributed by atoms with Gasteiger partial charge in [0.1, 0.15) is 17.2 Å². The smallest absolute Gasteiger partial charge is 0.354 e. The van der Waals surface area contributed by atoms with Gasteiger partial charge in [-0.05, 0) is 19.1 Å². The van der Waals surface area contributed by atoms with Crippen LogP contribution in [0.2, 0.25) is 0 Å². The third kappa shape index (κ3) is 2.60. The molecule has 9 heteroatoms. The van der Waals surface area contributed by atoms with Crippen LogP contribution >= 0.6 is 0 Å². The summed E-state index contributed by atoms with van der Waals surface area (Å²) in [5.41, 5.74) is 1.47. The molecule has 3 aromatic heterocycles. The molecule has 3 aromatic rings. The number of halogens is 1. The first-order chi connectivity index (χ1) is 11.4. The van der Waals surface area contributed by atoms with E-state index in [0.717, 1.165) is 6.20 Å². The zero-order valence-corrected chi connectivity index (χ0v) is 13.2. The summed E-state index contributed by atoms with van der Waals surface area (Å²) < 4.78 is 19.6. The monoisotopic (exact) mass is 331 g/mol. The maximum absolute atomic E-state index is 13.1. The van der Waals surface area contributed by atoms with Crippen LogP contribution in [0.25, 0.3) is 11.4 Å². The van der Waals surface area contributed by atoms with Crippen LogP contribution in [0, 0.1) is 12.7 Å². The molecule has 124 valence electrons. The first-order valence-electron chi connectivity index (χ1n) is 6.97. The van der Waals surface area contributed by atoms with Crippen LogP contribution in [0.1, 0.15) is 16.2 Å². The molecule has 0 fully saturated rings. The van der Waals surface area contributed by atoms with Crippen LogP contribution in [0.4, 0.5) is 15.9 Å². The van der Waals surface area contributed by atoms with Gasteiger partial charge in [-0.2, -0.15) is 5.10 Å². The topological polar surface area (TPSA) is 97.3 Å². The standard InChI is InChI=1S/C15H14FN5O3/c1-8-14(13(19-24-8)10-5-4-9(16)7-17-10)20(2)12-6-11(15(22)23)21(3)18-12/h4-7H,1-3H3,(H,22,23). The number of aryl methyl sites for hydroxylation is 2. The van der Waals surface area contributed by atoms with E-state index in [9.17, 15) is 9.18 Å². The Labute approximate surface area is 136 Å². The van der Waals surface area contributed by atoms with Crippen LogP contribution in [0.3, 0.4) is 0 Å². The van der Waals surface area contributed by atoms with E-state index in [0.29, 0.717) is 28.7 Å². The number of nitrogens with zero attached hydrogens (tertiary/aromatic N) is 5. The van der Waals surface area contributed by atoms with E-state index < -0.39 is 11.8 Å². The van der Waals surface area contributed by atoms with Crippen LogP contribution < -0.4 is 4.90 Å². The maximum atomic E-state index is 13.1. The number of hydrogen-bond donors (Lipinski definition) is 1. The molecule has 0 aliphatic rings. The van der Waals surface area contributed by atoms with Crippen LogP contribution in [-0.2, 0) is 7.05 Å². The van der Waals surface area contributed by atoms with Crippen molar-refractivity contribution in [3.8, 4) is 11.4 Å². The average molecular weight is 331 g/mol. The molecule has 24 heavy (non-hydrogen) atoms. The van der Waals surface area contributed by atoms with Gasteiger partial charge in [-0.15, -0.1) is 0 Å². The fourth-order valence-corrected chi connectivity index (χ4v) is 2.38. The van der Waals surface area contributed by atoms with E-state index in [2.05, 4.69) is 15.2 Å². The van der Waals surface area contributed by atoms with Gasteiger partial charge in [0, 0.05) is 20.2 Å². The predicted molar refractivity (Wildman–Crippen MR) is 82.7 cm³/mol. The van der Waals surface area contributed by atoms with Gasteiger partial charge in [0.05, 0.1) is 11.9 Å². The number of carboxylic acids is 1. The first kappa shape index (κ1) is 15.7. The highest BCUT2D eigenvalue weighted by Crippen LogP contribution is 2.35. The highest BCUT2D eigenvalue weighted by Gasteiger charge is 2.23. The largest absolute Gasteiger partial charge is 0.477 e. The van der Waals surface area contributed by atoms with Crippen molar-refractivity contribution < 1.29 is 18.8 Å². The summed E-state index contributed by atoms with van der Waals surface area (Å²) in [5, 5.41) is 17.3. The molecule has 1 N–H and O–H groups in total. The lowest BCUT2D eigenvalue weighted by Crippen LogP contribution is -2.12. The summed E-state index contributed by atoms with van der Waals surface area (Å²) in [6.45, 7) is 1.72. The van der Waals surface area contributed by atoms with Crippen LogP contribution in [0.5, 0.6) is 0 Å². The summed E-state index contributed by atoms with van der Waals surface area (Å²) in [4.78, 5) is 16.8. The Balaban J connectivity index is 2.06. The minimum absolute atomic E-state index is 0.0485. The summed E-state index contributed by atoms with van der Waals surface area (Å²) in [5.74, 6) is -0.623. The SMILES string of the molecule is Cc1onc(-c2ccc(F)cn2)c1N(C)c1cc(C(=O)O)n(C)n1. The second-order valence-corrected chi connectivity index (χ2v) is 5.17. The number of hydrogen-bond acceptors (Lipinski definition) is 6. The van der Waals surface area contributed by atoms with Gasteiger partial charge in [-0.1, -0.05) is 5.16 Å². The number of aromatic nitrogens is 4. The lowest BCUT2D eigenvalue weighted by atomic mass is 10.2. The predicted octanol–water partition coefficient (Wildman–Crippen LogP) is 2.38. The van der Waals surface area contributed by atoms with Crippen LogP contribution in [0.15, 0.2) is 28.9 Å². The minimum atomic E-state index is -1.08. The molecule has 0 radical (unpaired) electrons. The zero-order valence-electron chi connectivity index (χ0n) is 13.2. The van der Waals surface area contributed by atoms with Crippen molar-refractivity contribution in [3.05, 3.63) is 41.7 Å². The molecule has 0 unspecified atom stereocenters. The molecule has 0 aliphatic heterocycles. The highest BCUT2D eigenvalue weighted by atomic mass is 19.1. The molecule has 0 saturated heterocycles. The van der Waals surface area contributed by atoms with Gasteiger partial charge in [0.15, 0.2) is 17.3 Å². The highest BCUT2D eigenvalue weighted by molar-refractivity contribution is 5.87. The molecule has 3 heterocycles. The Bertz CT molecular complexity index is 900. The summed E-state index contributed by atoms with van der Waals surface area (Å²) in [6, 6.07) is 4.21. The van der Waals surface area contributed by atoms with Gasteiger partial charge in [0.2, 0.25) is 0 Å². The first-order valence-corrected chi connectivity index (χ1v) is 6.97. The third-order valence-corrected chi connectivity index (χ3v) is 3.57. The molecule has 0 bridgehead atoms. The fourth-order valence-electron chi connectivity index (χ4n) is 2.38. The molecular formula is C15H14FN5O3.